The first-order valence-corrected chi connectivity index (χ1v) is 20.6. The number of ether oxygens (including phenoxy) is 2. The van der Waals surface area contributed by atoms with Crippen LogP contribution in [0.2, 0.25) is 0 Å². The summed E-state index contributed by atoms with van der Waals surface area (Å²) in [5.74, 6) is -72.8. The van der Waals surface area contributed by atoms with E-state index in [0.717, 1.165) is 5.56 Å². The molecular weight excluding hydrogens is 1050 g/mol. The summed E-state index contributed by atoms with van der Waals surface area (Å²) in [5, 5.41) is 0. The molecule has 5 nitrogen and oxygen atoms in total. The van der Waals surface area contributed by atoms with Crippen molar-refractivity contribution in [1.82, 2.24) is 0 Å². The van der Waals surface area contributed by atoms with Crippen LogP contribution in [-0.2, 0) is 25.6 Å². The lowest BCUT2D eigenvalue weighted by Crippen LogP contribution is -2.81. The molecule has 1 heterocycles. The van der Waals surface area contributed by atoms with E-state index in [4.69, 9.17) is 9.47 Å². The van der Waals surface area contributed by atoms with Crippen molar-refractivity contribution >= 4 is 45.5 Å². The lowest BCUT2D eigenvalue weighted by molar-refractivity contribution is -0.684. The molecule has 0 bridgehead atoms. The fourth-order valence-corrected chi connectivity index (χ4v) is 7.54. The van der Waals surface area contributed by atoms with Gasteiger partial charge in [0.1, 0.15) is 63.9 Å². The molecule has 0 unspecified atom stereocenters. The van der Waals surface area contributed by atoms with Crippen molar-refractivity contribution in [1.29, 1.82) is 0 Å². The van der Waals surface area contributed by atoms with Crippen LogP contribution in [0.15, 0.2) is 66.5 Å². The molecule has 74 heavy (non-hydrogen) atoms. The molecule has 0 atom stereocenters. The van der Waals surface area contributed by atoms with Gasteiger partial charge in [0.15, 0.2) is 94.3 Å². The van der Waals surface area contributed by atoms with Crippen molar-refractivity contribution in [3.63, 3.8) is 0 Å². The van der Waals surface area contributed by atoms with Crippen LogP contribution in [-0.4, -0.2) is 29.3 Å². The molecule has 0 fully saturated rings. The number of esters is 2. The molecule has 0 aliphatic heterocycles. The normalized spacial score (nSPS) is 11.8. The third-order valence-corrected chi connectivity index (χ3v) is 10.5. The van der Waals surface area contributed by atoms with Gasteiger partial charge in [-0.2, -0.15) is 0 Å². The van der Waals surface area contributed by atoms with Gasteiger partial charge < -0.3 is 9.47 Å². The van der Waals surface area contributed by atoms with E-state index in [0.29, 0.717) is 12.1 Å². The van der Waals surface area contributed by atoms with Crippen molar-refractivity contribution in [3.8, 4) is 0 Å². The summed E-state index contributed by atoms with van der Waals surface area (Å²) in [5.41, 5.74) is -14.6. The fraction of sp³-hybridized carbons (Fsp3) is 0.188. The van der Waals surface area contributed by atoms with Gasteiger partial charge in [0, 0.05) is 17.7 Å². The van der Waals surface area contributed by atoms with Gasteiger partial charge in [-0.3, -0.25) is 0 Å². The number of allylic oxidation sites excluding steroid dienone is 1. The minimum absolute atomic E-state index is 0.0857. The third-order valence-electron chi connectivity index (χ3n) is 10.5. The monoisotopic (exact) mass is 1080 g/mol. The predicted molar refractivity (Wildman–Crippen MR) is 221 cm³/mol. The maximum atomic E-state index is 15.4. The van der Waals surface area contributed by atoms with Gasteiger partial charge in [-0.05, 0) is 47.1 Å². The fourth-order valence-electron chi connectivity index (χ4n) is 7.54. The number of aromatic nitrogens is 1. The van der Waals surface area contributed by atoms with Crippen molar-refractivity contribution in [2.24, 2.45) is 0 Å². The third kappa shape index (κ3) is 10.4. The van der Waals surface area contributed by atoms with Gasteiger partial charge in [0.05, 0.1) is 0 Å². The van der Waals surface area contributed by atoms with Crippen LogP contribution < -0.4 is 26.4 Å². The standard InChI is InChI=1S/C24BF20.C24H30NO4/c26-5-1(6(27)14(35)21(42)13(5)34)25(2-7(28)15(36)22(43)16(37)8(2)29,3-9(30)17(38)23(44)18(39)10(3)31)4-11(32)19(40)24(45)20(41)12(4)33;1-23(2,3)28-21(26)20(22(27)29-24(4,5)6)19(18-13-9-7-10-14-18)17-25-15-11-8-12-16-25/h;7-16H,17H2,1-6H3/q-1;+1. The van der Waals surface area contributed by atoms with Crippen molar-refractivity contribution in [2.75, 3.05) is 0 Å². The second-order valence-electron chi connectivity index (χ2n) is 17.6. The smallest absolute Gasteiger partial charge is 0.346 e. The van der Waals surface area contributed by atoms with Crippen LogP contribution in [0.1, 0.15) is 47.1 Å². The molecule has 0 N–H and O–H groups in total. The maximum Gasteiger partial charge on any atom is 0.346 e. The average Bonchev–Trinajstić information content (AvgIpc) is 3.33. The summed E-state index contributed by atoms with van der Waals surface area (Å²) in [7, 11) is 0. The zero-order valence-corrected chi connectivity index (χ0v) is 38.2. The Morgan fingerprint density at radius 2 is 0.608 bits per heavy atom. The summed E-state index contributed by atoms with van der Waals surface area (Å²) in [6.45, 7) is 10.9. The number of benzene rings is 5. The van der Waals surface area contributed by atoms with Crippen LogP contribution in [0.5, 0.6) is 0 Å². The first-order chi connectivity index (χ1) is 34.2. The van der Waals surface area contributed by atoms with E-state index < -0.39 is 167 Å². The molecule has 6 aromatic rings. The number of hydrogen-bond acceptors (Lipinski definition) is 4. The quantitative estimate of drug-likeness (QED) is 0.0167. The van der Waals surface area contributed by atoms with Gasteiger partial charge in [-0.1, -0.05) is 36.4 Å². The van der Waals surface area contributed by atoms with Crippen LogP contribution >= 0.6 is 0 Å². The number of hydrogen-bond donors (Lipinski definition) is 0. The molecule has 0 spiro atoms. The van der Waals surface area contributed by atoms with Crippen LogP contribution in [0, 0.1) is 116 Å². The molecule has 0 aliphatic carbocycles. The number of carbonyl (C=O) groups excluding carboxylic acids is 2. The molecule has 0 radical (unpaired) electrons. The van der Waals surface area contributed by atoms with Gasteiger partial charge >= 0.3 is 11.9 Å². The topological polar surface area (TPSA) is 56.5 Å². The highest BCUT2D eigenvalue weighted by Gasteiger charge is 2.52. The van der Waals surface area contributed by atoms with Crippen molar-refractivity contribution < 1.29 is 111 Å². The Kier molecular flexibility index (Phi) is 16.5. The minimum Gasteiger partial charge on any atom is -0.456 e. The number of nitrogens with zero attached hydrogens (tertiary/aromatic N) is 1. The van der Waals surface area contributed by atoms with E-state index >= 15 is 35.1 Å². The van der Waals surface area contributed by atoms with Crippen molar-refractivity contribution in [2.45, 2.75) is 59.3 Å². The largest absolute Gasteiger partial charge is 0.456 e. The van der Waals surface area contributed by atoms with E-state index in [1.807, 2.05) is 65.5 Å². The second-order valence-corrected chi connectivity index (χ2v) is 17.6. The van der Waals surface area contributed by atoms with E-state index in [2.05, 4.69) is 0 Å². The Hall–Kier alpha value is -7.41. The lowest BCUT2D eigenvalue weighted by atomic mass is 9.12. The molecule has 6 rings (SSSR count). The Labute approximate surface area is 404 Å². The Morgan fingerprint density at radius 1 is 0.378 bits per heavy atom. The van der Waals surface area contributed by atoms with Gasteiger partial charge in [-0.25, -0.2) is 102 Å². The van der Waals surface area contributed by atoms with Crippen LogP contribution in [0.3, 0.4) is 0 Å². The molecular formula is C48H30BF20NO4. The first-order valence-electron chi connectivity index (χ1n) is 20.6. The summed E-state index contributed by atoms with van der Waals surface area (Å²) in [4.78, 5) is 26.2. The Balaban J connectivity index is 0.000000302. The van der Waals surface area contributed by atoms with E-state index in [9.17, 15) is 62.3 Å². The van der Waals surface area contributed by atoms with Gasteiger partial charge in [0.2, 0.25) is 0 Å². The molecule has 1 aromatic heterocycles. The van der Waals surface area contributed by atoms with Crippen molar-refractivity contribution in [3.05, 3.63) is 188 Å². The summed E-state index contributed by atoms with van der Waals surface area (Å²) in [6, 6.07) is 15.1. The Bertz CT molecular complexity index is 2840. The summed E-state index contributed by atoms with van der Waals surface area (Å²) in [6.07, 6.45) is -3.46. The molecule has 0 saturated heterocycles. The van der Waals surface area contributed by atoms with Crippen LogP contribution in [0.4, 0.5) is 87.8 Å². The highest BCUT2D eigenvalue weighted by Crippen LogP contribution is 2.31. The predicted octanol–water partition coefficient (Wildman–Crippen LogP) is 9.96. The zero-order chi connectivity index (χ0) is 56.0. The maximum absolute atomic E-state index is 15.4. The highest BCUT2D eigenvalue weighted by atomic mass is 19.2. The molecule has 0 saturated carbocycles. The highest BCUT2D eigenvalue weighted by molar-refractivity contribution is 7.20. The molecule has 0 aliphatic rings. The lowest BCUT2D eigenvalue weighted by Gasteiger charge is -2.44. The number of rotatable bonds is 9. The van der Waals surface area contributed by atoms with E-state index in [1.165, 1.54) is 0 Å². The minimum atomic E-state index is -7.22. The number of halogens is 20. The number of pyridine rings is 1. The second kappa shape index (κ2) is 21.2. The van der Waals surface area contributed by atoms with E-state index in [-0.39, 0.29) is 5.57 Å². The Morgan fingerprint density at radius 3 is 0.851 bits per heavy atom. The van der Waals surface area contributed by atoms with Gasteiger partial charge in [-0.15, -0.1) is 21.9 Å². The number of carbonyl (C=O) groups is 2. The molecule has 394 valence electrons. The average molecular weight is 1080 g/mol. The molecule has 0 amide bonds. The van der Waals surface area contributed by atoms with E-state index in [1.54, 1.807) is 41.5 Å². The van der Waals surface area contributed by atoms with Crippen LogP contribution in [0.25, 0.3) is 5.57 Å². The SMILES string of the molecule is CC(C)(C)OC(=O)C(C(=O)OC(C)(C)C)=C(C[n+]1ccccc1)c1ccccc1.Fc1c(F)c(F)c([B-](c2c(F)c(F)c(F)c(F)c2F)(c2c(F)c(F)c(F)c(F)c2F)c2c(F)c(F)c(F)c(F)c2F)c(F)c1F. The molecule has 26 heteroatoms. The van der Waals surface area contributed by atoms with Gasteiger partial charge in [0.25, 0.3) is 0 Å². The summed E-state index contributed by atoms with van der Waals surface area (Å²) < 4.78 is 307. The first kappa shape index (κ1) is 57.5. The zero-order valence-electron chi connectivity index (χ0n) is 38.2. The molecule has 5 aromatic carbocycles. The summed E-state index contributed by atoms with van der Waals surface area (Å²) >= 11 is 0.